The van der Waals surface area contributed by atoms with E-state index in [1.165, 1.54) is 0 Å². The van der Waals surface area contributed by atoms with Crippen LogP contribution in [0.2, 0.25) is 0 Å². The minimum absolute atomic E-state index is 0.155. The fraction of sp³-hybridized carbons (Fsp3) is 0.538. The molecule has 1 aliphatic rings. The van der Waals surface area contributed by atoms with Crippen molar-refractivity contribution in [2.24, 2.45) is 4.99 Å². The molecule has 0 radical (unpaired) electrons. The van der Waals surface area contributed by atoms with Gasteiger partial charge in [0.25, 0.3) is 0 Å². The highest BCUT2D eigenvalue weighted by atomic mass is 16.5. The van der Waals surface area contributed by atoms with Crippen molar-refractivity contribution in [3.63, 3.8) is 0 Å². The molecule has 0 aromatic carbocycles. The van der Waals surface area contributed by atoms with Crippen LogP contribution in [0.5, 0.6) is 5.88 Å². The lowest BCUT2D eigenvalue weighted by Gasteiger charge is -2.16. The molecule has 0 atom stereocenters. The van der Waals surface area contributed by atoms with Crippen LogP contribution in [0, 0.1) is 0 Å². The van der Waals surface area contributed by atoms with Gasteiger partial charge >= 0.3 is 0 Å². The monoisotopic (exact) mass is 248 g/mol. The molecule has 2 rings (SSSR count). The first kappa shape index (κ1) is 12.7. The van der Waals surface area contributed by atoms with Crippen LogP contribution >= 0.6 is 0 Å². The van der Waals surface area contributed by atoms with Crippen molar-refractivity contribution in [3.8, 4) is 5.88 Å². The molecule has 2 N–H and O–H groups in total. The second kappa shape index (κ2) is 6.23. The summed E-state index contributed by atoms with van der Waals surface area (Å²) in [6, 6.07) is 3.91. The molecule has 18 heavy (non-hydrogen) atoms. The molecule has 0 amide bonds. The van der Waals surface area contributed by atoms with Gasteiger partial charge in [0.2, 0.25) is 5.88 Å². The SMILES string of the molecule is CC(C)Oc1ccc(CNC2=NCCCN2)cn1. The maximum Gasteiger partial charge on any atom is 0.213 e. The van der Waals surface area contributed by atoms with Gasteiger partial charge < -0.3 is 15.4 Å². The van der Waals surface area contributed by atoms with E-state index in [-0.39, 0.29) is 6.10 Å². The lowest BCUT2D eigenvalue weighted by atomic mass is 10.3. The maximum atomic E-state index is 5.50. The lowest BCUT2D eigenvalue weighted by Crippen LogP contribution is -2.40. The Morgan fingerprint density at radius 2 is 2.33 bits per heavy atom. The number of nitrogens with one attached hydrogen (secondary N) is 2. The van der Waals surface area contributed by atoms with Gasteiger partial charge in [-0.3, -0.25) is 4.99 Å². The van der Waals surface area contributed by atoms with E-state index in [1.54, 1.807) is 0 Å². The van der Waals surface area contributed by atoms with Gasteiger partial charge in [0.1, 0.15) is 0 Å². The fourth-order valence-corrected chi connectivity index (χ4v) is 1.66. The van der Waals surface area contributed by atoms with E-state index < -0.39 is 0 Å². The predicted molar refractivity (Wildman–Crippen MR) is 71.8 cm³/mol. The van der Waals surface area contributed by atoms with Gasteiger partial charge in [-0.25, -0.2) is 4.98 Å². The quantitative estimate of drug-likeness (QED) is 0.843. The lowest BCUT2D eigenvalue weighted by molar-refractivity contribution is 0.232. The predicted octanol–water partition coefficient (Wildman–Crippen LogP) is 1.31. The molecule has 0 saturated carbocycles. The summed E-state index contributed by atoms with van der Waals surface area (Å²) in [7, 11) is 0. The largest absolute Gasteiger partial charge is 0.475 e. The fourth-order valence-electron chi connectivity index (χ4n) is 1.66. The normalized spacial score (nSPS) is 14.9. The van der Waals surface area contributed by atoms with Gasteiger partial charge in [-0.1, -0.05) is 6.07 Å². The van der Waals surface area contributed by atoms with Gasteiger partial charge in [0.15, 0.2) is 5.96 Å². The van der Waals surface area contributed by atoms with Crippen molar-refractivity contribution in [1.29, 1.82) is 0 Å². The number of rotatable bonds is 4. The zero-order valence-corrected chi connectivity index (χ0v) is 10.9. The molecular weight excluding hydrogens is 228 g/mol. The van der Waals surface area contributed by atoms with Crippen molar-refractivity contribution in [1.82, 2.24) is 15.6 Å². The van der Waals surface area contributed by atoms with E-state index in [9.17, 15) is 0 Å². The molecule has 5 heteroatoms. The second-order valence-electron chi connectivity index (χ2n) is 4.54. The van der Waals surface area contributed by atoms with Gasteiger partial charge in [-0.2, -0.15) is 0 Å². The topological polar surface area (TPSA) is 58.5 Å². The Labute approximate surface area is 108 Å². The Morgan fingerprint density at radius 3 is 2.94 bits per heavy atom. The van der Waals surface area contributed by atoms with E-state index >= 15 is 0 Å². The number of aliphatic imine (C=N–C) groups is 1. The summed E-state index contributed by atoms with van der Waals surface area (Å²) >= 11 is 0. The van der Waals surface area contributed by atoms with Crippen LogP contribution in [0.4, 0.5) is 0 Å². The number of hydrogen-bond donors (Lipinski definition) is 2. The summed E-state index contributed by atoms with van der Waals surface area (Å²) in [5, 5.41) is 6.48. The third kappa shape index (κ3) is 3.91. The van der Waals surface area contributed by atoms with E-state index in [4.69, 9.17) is 4.74 Å². The summed E-state index contributed by atoms with van der Waals surface area (Å²) in [4.78, 5) is 8.61. The van der Waals surface area contributed by atoms with Crippen molar-refractivity contribution in [2.75, 3.05) is 13.1 Å². The summed E-state index contributed by atoms with van der Waals surface area (Å²) < 4.78 is 5.50. The minimum Gasteiger partial charge on any atom is -0.475 e. The van der Waals surface area contributed by atoms with E-state index in [1.807, 2.05) is 32.2 Å². The van der Waals surface area contributed by atoms with Crippen LogP contribution in [0.15, 0.2) is 23.3 Å². The van der Waals surface area contributed by atoms with Gasteiger partial charge in [-0.05, 0) is 25.8 Å². The summed E-state index contributed by atoms with van der Waals surface area (Å²) in [6.07, 6.45) is 3.09. The molecule has 1 aliphatic heterocycles. The van der Waals surface area contributed by atoms with E-state index in [0.717, 1.165) is 37.6 Å². The number of hydrogen-bond acceptors (Lipinski definition) is 5. The summed E-state index contributed by atoms with van der Waals surface area (Å²) in [5.74, 6) is 1.55. The Bertz CT molecular complexity index is 400. The first-order valence-corrected chi connectivity index (χ1v) is 6.38. The molecule has 98 valence electrons. The highest BCUT2D eigenvalue weighted by Gasteiger charge is 2.04. The average molecular weight is 248 g/mol. The van der Waals surface area contributed by atoms with Gasteiger partial charge in [-0.15, -0.1) is 0 Å². The maximum absolute atomic E-state index is 5.50. The molecule has 0 unspecified atom stereocenters. The smallest absolute Gasteiger partial charge is 0.213 e. The first-order valence-electron chi connectivity index (χ1n) is 6.38. The van der Waals surface area contributed by atoms with Crippen LogP contribution in [0.3, 0.4) is 0 Å². The third-order valence-electron chi connectivity index (χ3n) is 2.51. The standard InChI is InChI=1S/C13H20N4O/c1-10(2)18-12-5-4-11(8-16-12)9-17-13-14-6-3-7-15-13/h4-5,8,10H,3,6-7,9H2,1-2H3,(H2,14,15,17). The highest BCUT2D eigenvalue weighted by molar-refractivity contribution is 5.80. The molecule has 0 fully saturated rings. The Kier molecular flexibility index (Phi) is 4.39. The van der Waals surface area contributed by atoms with Gasteiger partial charge in [0.05, 0.1) is 6.10 Å². The molecule has 0 aliphatic carbocycles. The van der Waals surface area contributed by atoms with Crippen LogP contribution in [-0.4, -0.2) is 30.1 Å². The number of nitrogens with zero attached hydrogens (tertiary/aromatic N) is 2. The summed E-state index contributed by atoms with van der Waals surface area (Å²) in [6.45, 7) is 6.59. The Hall–Kier alpha value is -1.78. The van der Waals surface area contributed by atoms with Gasteiger partial charge in [0, 0.05) is 31.9 Å². The zero-order chi connectivity index (χ0) is 12.8. The molecular formula is C13H20N4O. The molecule has 5 nitrogen and oxygen atoms in total. The zero-order valence-electron chi connectivity index (χ0n) is 10.9. The van der Waals surface area contributed by atoms with Crippen molar-refractivity contribution in [2.45, 2.75) is 32.9 Å². The first-order chi connectivity index (χ1) is 8.74. The number of ether oxygens (including phenoxy) is 1. The number of guanidine groups is 1. The van der Waals surface area contributed by atoms with E-state index in [2.05, 4.69) is 20.6 Å². The van der Waals surface area contributed by atoms with Crippen molar-refractivity contribution >= 4 is 5.96 Å². The summed E-state index contributed by atoms with van der Waals surface area (Å²) in [5.41, 5.74) is 1.11. The molecule has 1 aromatic rings. The molecule has 0 spiro atoms. The van der Waals surface area contributed by atoms with Crippen molar-refractivity contribution in [3.05, 3.63) is 23.9 Å². The van der Waals surface area contributed by atoms with E-state index in [0.29, 0.717) is 5.88 Å². The molecule has 2 heterocycles. The minimum atomic E-state index is 0.155. The molecule has 0 bridgehead atoms. The highest BCUT2D eigenvalue weighted by Crippen LogP contribution is 2.09. The Morgan fingerprint density at radius 1 is 1.44 bits per heavy atom. The second-order valence-corrected chi connectivity index (χ2v) is 4.54. The van der Waals surface area contributed by atoms with Crippen LogP contribution in [-0.2, 0) is 6.54 Å². The third-order valence-corrected chi connectivity index (χ3v) is 2.51. The van der Waals surface area contributed by atoms with Crippen molar-refractivity contribution < 1.29 is 4.74 Å². The van der Waals surface area contributed by atoms with Crippen LogP contribution in [0.1, 0.15) is 25.8 Å². The molecule has 0 saturated heterocycles. The number of pyridine rings is 1. The Balaban J connectivity index is 1.84. The number of aromatic nitrogens is 1. The molecule has 1 aromatic heterocycles. The van der Waals surface area contributed by atoms with Crippen LogP contribution < -0.4 is 15.4 Å². The van der Waals surface area contributed by atoms with Crippen LogP contribution in [0.25, 0.3) is 0 Å². The average Bonchev–Trinajstić information content (AvgIpc) is 2.38.